The van der Waals surface area contributed by atoms with E-state index in [2.05, 4.69) is 22.4 Å². The molecule has 0 aliphatic carbocycles. The summed E-state index contributed by atoms with van der Waals surface area (Å²) in [4.78, 5) is 18.2. The molecule has 1 aromatic heterocycles. The van der Waals surface area contributed by atoms with E-state index in [1.165, 1.54) is 5.56 Å². The van der Waals surface area contributed by atoms with Crippen LogP contribution in [0.25, 0.3) is 0 Å². The van der Waals surface area contributed by atoms with E-state index in [9.17, 15) is 4.79 Å². The number of benzene rings is 1. The second-order valence-electron chi connectivity index (χ2n) is 6.31. The predicted molar refractivity (Wildman–Crippen MR) is 97.6 cm³/mol. The maximum absolute atomic E-state index is 12.2. The third-order valence-electron chi connectivity index (χ3n) is 4.43. The van der Waals surface area contributed by atoms with Crippen molar-refractivity contribution in [3.63, 3.8) is 0 Å². The van der Waals surface area contributed by atoms with Gasteiger partial charge in [-0.25, -0.2) is 4.79 Å². The molecule has 0 bridgehead atoms. The number of aromatic nitrogens is 1. The molecule has 0 unspecified atom stereocenters. The number of likely N-dealkylation sites (tertiary alicyclic amines) is 1. The van der Waals surface area contributed by atoms with E-state index in [1.807, 2.05) is 35.2 Å². The van der Waals surface area contributed by atoms with E-state index in [-0.39, 0.29) is 12.1 Å². The van der Waals surface area contributed by atoms with Gasteiger partial charge < -0.3 is 15.0 Å². The van der Waals surface area contributed by atoms with Gasteiger partial charge >= 0.3 is 6.03 Å². The van der Waals surface area contributed by atoms with Gasteiger partial charge in [-0.15, -0.1) is 0 Å². The molecule has 1 aliphatic heterocycles. The fraction of sp³-hybridized carbons (Fsp3) is 0.400. The molecule has 1 aliphatic rings. The Labute approximate surface area is 149 Å². The van der Waals surface area contributed by atoms with Crippen molar-refractivity contribution in [1.29, 1.82) is 0 Å². The number of ether oxygens (including phenoxy) is 1. The van der Waals surface area contributed by atoms with Gasteiger partial charge in [0, 0.05) is 38.7 Å². The van der Waals surface area contributed by atoms with Crippen LogP contribution in [0.2, 0.25) is 0 Å². The molecule has 1 fully saturated rings. The predicted octanol–water partition coefficient (Wildman–Crippen LogP) is 3.27. The minimum Gasteiger partial charge on any atom is -0.489 e. The summed E-state index contributed by atoms with van der Waals surface area (Å²) < 4.78 is 5.91. The molecule has 0 radical (unpaired) electrons. The molecule has 1 N–H and O–H groups in total. The zero-order valence-corrected chi connectivity index (χ0v) is 14.4. The van der Waals surface area contributed by atoms with E-state index in [1.54, 1.807) is 12.4 Å². The van der Waals surface area contributed by atoms with Gasteiger partial charge in [0.15, 0.2) is 0 Å². The Kier molecular flexibility index (Phi) is 6.26. The number of aryl methyl sites for hydroxylation is 1. The summed E-state index contributed by atoms with van der Waals surface area (Å²) in [7, 11) is 0. The number of hydrogen-bond acceptors (Lipinski definition) is 3. The van der Waals surface area contributed by atoms with Crippen molar-refractivity contribution in [2.45, 2.75) is 31.8 Å². The van der Waals surface area contributed by atoms with Crippen molar-refractivity contribution in [3.05, 3.63) is 60.4 Å². The lowest BCUT2D eigenvalue weighted by molar-refractivity contribution is 0.111. The Morgan fingerprint density at radius 2 is 1.96 bits per heavy atom. The SMILES string of the molecule is O=C(NCCCc1ccccc1)N1CCC(Oc2cccnc2)CC1. The number of rotatable bonds is 6. The molecule has 0 saturated carbocycles. The van der Waals surface area contributed by atoms with Crippen LogP contribution >= 0.6 is 0 Å². The number of urea groups is 1. The second kappa shape index (κ2) is 9.06. The van der Waals surface area contributed by atoms with Gasteiger partial charge in [-0.2, -0.15) is 0 Å². The third-order valence-corrected chi connectivity index (χ3v) is 4.43. The zero-order valence-electron chi connectivity index (χ0n) is 14.4. The van der Waals surface area contributed by atoms with Gasteiger partial charge in [-0.05, 0) is 30.5 Å². The van der Waals surface area contributed by atoms with Crippen molar-refractivity contribution < 1.29 is 9.53 Å². The van der Waals surface area contributed by atoms with E-state index in [0.717, 1.165) is 44.5 Å². The number of hydrogen-bond donors (Lipinski definition) is 1. The number of piperidine rings is 1. The fourth-order valence-corrected chi connectivity index (χ4v) is 3.03. The van der Waals surface area contributed by atoms with Gasteiger partial charge in [0.25, 0.3) is 0 Å². The minimum atomic E-state index is 0.0351. The van der Waals surface area contributed by atoms with Crippen LogP contribution in [0.3, 0.4) is 0 Å². The van der Waals surface area contributed by atoms with Crippen LogP contribution in [0, 0.1) is 0 Å². The van der Waals surface area contributed by atoms with Crippen LogP contribution < -0.4 is 10.1 Å². The highest BCUT2D eigenvalue weighted by atomic mass is 16.5. The summed E-state index contributed by atoms with van der Waals surface area (Å²) in [5.41, 5.74) is 1.31. The molecule has 2 heterocycles. The van der Waals surface area contributed by atoms with E-state index in [4.69, 9.17) is 4.74 Å². The maximum atomic E-state index is 12.2. The minimum absolute atomic E-state index is 0.0351. The average molecular weight is 339 g/mol. The topological polar surface area (TPSA) is 54.5 Å². The van der Waals surface area contributed by atoms with Crippen molar-refractivity contribution in [2.75, 3.05) is 19.6 Å². The molecule has 5 nitrogen and oxygen atoms in total. The van der Waals surface area contributed by atoms with Gasteiger partial charge in [0.1, 0.15) is 11.9 Å². The zero-order chi connectivity index (χ0) is 17.3. The Balaban J connectivity index is 1.33. The number of carbonyl (C=O) groups excluding carboxylic acids is 1. The highest BCUT2D eigenvalue weighted by Crippen LogP contribution is 2.17. The molecule has 0 atom stereocenters. The third kappa shape index (κ3) is 5.48. The number of nitrogens with zero attached hydrogens (tertiary/aromatic N) is 2. The van der Waals surface area contributed by atoms with Crippen LogP contribution in [0.4, 0.5) is 4.79 Å². The molecule has 1 aromatic carbocycles. The van der Waals surface area contributed by atoms with E-state index >= 15 is 0 Å². The number of nitrogens with one attached hydrogen (secondary N) is 1. The van der Waals surface area contributed by atoms with E-state index in [0.29, 0.717) is 6.54 Å². The Bertz CT molecular complexity index is 641. The molecule has 3 rings (SSSR count). The summed E-state index contributed by atoms with van der Waals surface area (Å²) in [5, 5.41) is 3.02. The Hall–Kier alpha value is -2.56. The van der Waals surface area contributed by atoms with Crippen molar-refractivity contribution in [3.8, 4) is 5.75 Å². The van der Waals surface area contributed by atoms with Gasteiger partial charge in [-0.3, -0.25) is 4.98 Å². The summed E-state index contributed by atoms with van der Waals surface area (Å²) >= 11 is 0. The fourth-order valence-electron chi connectivity index (χ4n) is 3.03. The molecule has 132 valence electrons. The molecule has 2 aromatic rings. The molecule has 0 spiro atoms. The normalized spacial score (nSPS) is 15.0. The van der Waals surface area contributed by atoms with Gasteiger partial charge in [-0.1, -0.05) is 30.3 Å². The number of pyridine rings is 1. The van der Waals surface area contributed by atoms with Crippen LogP contribution in [0.1, 0.15) is 24.8 Å². The molecule has 25 heavy (non-hydrogen) atoms. The first-order valence-electron chi connectivity index (χ1n) is 8.94. The van der Waals surface area contributed by atoms with Crippen LogP contribution in [-0.2, 0) is 6.42 Å². The van der Waals surface area contributed by atoms with Gasteiger partial charge in [0.05, 0.1) is 6.20 Å². The Morgan fingerprint density at radius 1 is 1.16 bits per heavy atom. The number of carbonyl (C=O) groups is 1. The molecular weight excluding hydrogens is 314 g/mol. The second-order valence-corrected chi connectivity index (χ2v) is 6.31. The number of amides is 2. The molecule has 5 heteroatoms. The quantitative estimate of drug-likeness (QED) is 0.822. The van der Waals surface area contributed by atoms with E-state index < -0.39 is 0 Å². The average Bonchev–Trinajstić information content (AvgIpc) is 2.67. The monoisotopic (exact) mass is 339 g/mol. The largest absolute Gasteiger partial charge is 0.489 e. The first kappa shape index (κ1) is 17.3. The molecular formula is C20H25N3O2. The summed E-state index contributed by atoms with van der Waals surface area (Å²) in [6.07, 6.45) is 7.27. The standard InChI is InChI=1S/C20H25N3O2/c24-20(22-13-4-8-17-6-2-1-3-7-17)23-14-10-18(11-15-23)25-19-9-5-12-21-16-19/h1-3,5-7,9,12,16,18H,4,8,10-11,13-15H2,(H,22,24). The van der Waals surface area contributed by atoms with Crippen molar-refractivity contribution >= 4 is 6.03 Å². The van der Waals surface area contributed by atoms with Crippen molar-refractivity contribution in [2.24, 2.45) is 0 Å². The molecule has 1 saturated heterocycles. The lowest BCUT2D eigenvalue weighted by Crippen LogP contribution is -2.46. The molecule has 2 amide bonds. The lowest BCUT2D eigenvalue weighted by Gasteiger charge is -2.32. The van der Waals surface area contributed by atoms with Crippen LogP contribution in [-0.4, -0.2) is 41.7 Å². The Morgan fingerprint density at radius 3 is 2.68 bits per heavy atom. The first-order chi connectivity index (χ1) is 12.3. The summed E-state index contributed by atoms with van der Waals surface area (Å²) in [6.45, 7) is 2.17. The highest BCUT2D eigenvalue weighted by molar-refractivity contribution is 5.74. The summed E-state index contributed by atoms with van der Waals surface area (Å²) in [6, 6.07) is 14.2. The lowest BCUT2D eigenvalue weighted by atomic mass is 10.1. The summed E-state index contributed by atoms with van der Waals surface area (Å²) in [5.74, 6) is 0.798. The van der Waals surface area contributed by atoms with Crippen LogP contribution in [0.15, 0.2) is 54.9 Å². The van der Waals surface area contributed by atoms with Crippen molar-refractivity contribution in [1.82, 2.24) is 15.2 Å². The first-order valence-corrected chi connectivity index (χ1v) is 8.94. The van der Waals surface area contributed by atoms with Crippen LogP contribution in [0.5, 0.6) is 5.75 Å². The van der Waals surface area contributed by atoms with Gasteiger partial charge in [0.2, 0.25) is 0 Å². The highest BCUT2D eigenvalue weighted by Gasteiger charge is 2.23. The maximum Gasteiger partial charge on any atom is 0.317 e. The smallest absolute Gasteiger partial charge is 0.317 e.